The van der Waals surface area contributed by atoms with Crippen LogP contribution < -0.4 is 10.3 Å². The molecule has 0 unspecified atom stereocenters. The second-order valence-corrected chi connectivity index (χ2v) is 6.87. The average molecular weight is 341 g/mol. The van der Waals surface area contributed by atoms with E-state index in [1.807, 2.05) is 30.3 Å². The van der Waals surface area contributed by atoms with Crippen molar-refractivity contribution >= 4 is 15.8 Å². The monoisotopic (exact) mass is 341 g/mol. The molecule has 6 nitrogen and oxygen atoms in total. The summed E-state index contributed by atoms with van der Waals surface area (Å²) in [4.78, 5) is 15.7. The molecule has 0 spiro atoms. The summed E-state index contributed by atoms with van der Waals surface area (Å²) < 4.78 is 28.3. The molecule has 3 rings (SSSR count). The lowest BCUT2D eigenvalue weighted by atomic mass is 10.1. The second-order valence-electron chi connectivity index (χ2n) is 5.19. The Balaban J connectivity index is 1.90. The minimum absolute atomic E-state index is 0.0647. The zero-order chi connectivity index (χ0) is 17.2. The molecule has 0 radical (unpaired) electrons. The van der Waals surface area contributed by atoms with E-state index in [0.717, 1.165) is 11.1 Å². The van der Waals surface area contributed by atoms with E-state index >= 15 is 0 Å². The van der Waals surface area contributed by atoms with Crippen molar-refractivity contribution in [2.24, 2.45) is 7.05 Å². The lowest BCUT2D eigenvalue weighted by Gasteiger charge is -2.08. The van der Waals surface area contributed by atoms with Gasteiger partial charge in [0.05, 0.1) is 4.90 Å². The van der Waals surface area contributed by atoms with Gasteiger partial charge in [0, 0.05) is 19.4 Å². The lowest BCUT2D eigenvalue weighted by molar-refractivity contribution is 0.601. The van der Waals surface area contributed by atoms with Crippen LogP contribution in [0.2, 0.25) is 0 Å². The lowest BCUT2D eigenvalue weighted by Crippen LogP contribution is -2.25. The highest BCUT2D eigenvalue weighted by Gasteiger charge is 2.17. The topological polar surface area (TPSA) is 81.1 Å². The number of rotatable bonds is 4. The summed E-state index contributed by atoms with van der Waals surface area (Å²) in [7, 11) is -2.35. The summed E-state index contributed by atoms with van der Waals surface area (Å²) in [6.45, 7) is 0. The van der Waals surface area contributed by atoms with E-state index in [1.165, 1.54) is 36.1 Å². The van der Waals surface area contributed by atoms with Crippen molar-refractivity contribution in [3.63, 3.8) is 0 Å². The van der Waals surface area contributed by atoms with E-state index in [2.05, 4.69) is 9.71 Å². The van der Waals surface area contributed by atoms with Gasteiger partial charge >= 0.3 is 0 Å². The van der Waals surface area contributed by atoms with Crippen LogP contribution in [0.4, 0.5) is 5.82 Å². The number of hydrogen-bond donors (Lipinski definition) is 1. The molecule has 0 saturated carbocycles. The zero-order valence-electron chi connectivity index (χ0n) is 12.9. The van der Waals surface area contributed by atoms with Gasteiger partial charge in [-0.05, 0) is 23.3 Å². The number of nitrogens with one attached hydrogen (secondary N) is 1. The average Bonchev–Trinajstić information content (AvgIpc) is 2.60. The van der Waals surface area contributed by atoms with Gasteiger partial charge in [0.25, 0.3) is 15.6 Å². The number of nitrogens with zero attached hydrogens (tertiary/aromatic N) is 2. The molecular formula is C17H15N3O3S. The summed E-state index contributed by atoms with van der Waals surface area (Å²) >= 11 is 0. The molecule has 0 fully saturated rings. The second kappa shape index (κ2) is 6.29. The number of anilines is 1. The Hall–Kier alpha value is -2.93. The predicted molar refractivity (Wildman–Crippen MR) is 92.2 cm³/mol. The minimum Gasteiger partial charge on any atom is -0.314 e. The van der Waals surface area contributed by atoms with Gasteiger partial charge in [-0.1, -0.05) is 42.5 Å². The molecule has 0 saturated heterocycles. The Morgan fingerprint density at radius 1 is 0.958 bits per heavy atom. The fourth-order valence-electron chi connectivity index (χ4n) is 2.21. The first kappa shape index (κ1) is 15.9. The molecule has 0 atom stereocenters. The van der Waals surface area contributed by atoms with Crippen LogP contribution in [-0.4, -0.2) is 18.0 Å². The van der Waals surface area contributed by atoms with Crippen LogP contribution in [0.15, 0.2) is 76.7 Å². The molecule has 0 aliphatic carbocycles. The maximum absolute atomic E-state index is 12.4. The van der Waals surface area contributed by atoms with Gasteiger partial charge in [0.2, 0.25) is 5.82 Å². The van der Waals surface area contributed by atoms with Crippen molar-refractivity contribution in [3.8, 4) is 11.1 Å². The summed E-state index contributed by atoms with van der Waals surface area (Å²) in [6, 6.07) is 16.1. The Kier molecular flexibility index (Phi) is 4.18. The van der Waals surface area contributed by atoms with Gasteiger partial charge in [-0.2, -0.15) is 0 Å². The van der Waals surface area contributed by atoms with Crippen LogP contribution in [0.1, 0.15) is 0 Å². The SMILES string of the molecule is Cn1ccnc(NS(=O)(=O)c2ccc(-c3ccccc3)cc2)c1=O. The maximum Gasteiger partial charge on any atom is 0.294 e. The summed E-state index contributed by atoms with van der Waals surface area (Å²) in [5.74, 6) is -0.230. The molecule has 0 amide bonds. The third-order valence-corrected chi connectivity index (χ3v) is 4.87. The molecular weight excluding hydrogens is 326 g/mol. The first-order valence-corrected chi connectivity index (χ1v) is 8.66. The Morgan fingerprint density at radius 3 is 2.25 bits per heavy atom. The van der Waals surface area contributed by atoms with Crippen LogP contribution in [0.5, 0.6) is 0 Å². The fourth-order valence-corrected chi connectivity index (χ4v) is 3.22. The fraction of sp³-hybridized carbons (Fsp3) is 0.0588. The van der Waals surface area contributed by atoms with Crippen LogP contribution in [-0.2, 0) is 17.1 Å². The Bertz CT molecular complexity index is 1010. The summed E-state index contributed by atoms with van der Waals surface area (Å²) in [6.07, 6.45) is 2.81. The van der Waals surface area contributed by atoms with Gasteiger partial charge in [-0.15, -0.1) is 0 Å². The van der Waals surface area contributed by atoms with E-state index in [0.29, 0.717) is 0 Å². The van der Waals surface area contributed by atoms with Crippen LogP contribution in [0.25, 0.3) is 11.1 Å². The van der Waals surface area contributed by atoms with Gasteiger partial charge in [-0.25, -0.2) is 13.4 Å². The zero-order valence-corrected chi connectivity index (χ0v) is 13.7. The van der Waals surface area contributed by atoms with Crippen LogP contribution in [0, 0.1) is 0 Å². The van der Waals surface area contributed by atoms with Crippen molar-refractivity contribution in [1.82, 2.24) is 9.55 Å². The molecule has 2 aromatic carbocycles. The Morgan fingerprint density at radius 2 is 1.58 bits per heavy atom. The van der Waals surface area contributed by atoms with E-state index in [1.54, 1.807) is 12.1 Å². The molecule has 3 aromatic rings. The van der Waals surface area contributed by atoms with Crippen LogP contribution in [0.3, 0.4) is 0 Å². The van der Waals surface area contributed by atoms with Gasteiger partial charge in [0.1, 0.15) is 0 Å². The number of sulfonamides is 1. The van der Waals surface area contributed by atoms with Crippen molar-refractivity contribution in [2.45, 2.75) is 4.90 Å². The molecule has 0 bridgehead atoms. The van der Waals surface area contributed by atoms with Crippen molar-refractivity contribution in [3.05, 3.63) is 77.3 Å². The standard InChI is InChI=1S/C17H15N3O3S/c1-20-12-11-18-16(17(20)21)19-24(22,23)15-9-7-14(8-10-15)13-5-3-2-4-6-13/h2-12H,1H3,(H,18,19). The molecule has 1 aromatic heterocycles. The summed E-state index contributed by atoms with van der Waals surface area (Å²) in [5.41, 5.74) is 1.39. The normalized spacial score (nSPS) is 11.2. The first-order valence-electron chi connectivity index (χ1n) is 7.17. The molecule has 24 heavy (non-hydrogen) atoms. The molecule has 1 N–H and O–H groups in total. The maximum atomic E-state index is 12.4. The first-order chi connectivity index (χ1) is 11.5. The van der Waals surface area contributed by atoms with E-state index in [-0.39, 0.29) is 10.7 Å². The molecule has 122 valence electrons. The third kappa shape index (κ3) is 3.21. The smallest absolute Gasteiger partial charge is 0.294 e. The van der Waals surface area contributed by atoms with Crippen molar-refractivity contribution in [2.75, 3.05) is 4.72 Å². The number of aromatic nitrogens is 2. The van der Waals surface area contributed by atoms with Crippen molar-refractivity contribution in [1.29, 1.82) is 0 Å². The largest absolute Gasteiger partial charge is 0.314 e. The number of aryl methyl sites for hydroxylation is 1. The van der Waals surface area contributed by atoms with Crippen molar-refractivity contribution < 1.29 is 8.42 Å². The van der Waals surface area contributed by atoms with Crippen LogP contribution >= 0.6 is 0 Å². The highest BCUT2D eigenvalue weighted by Crippen LogP contribution is 2.21. The quantitative estimate of drug-likeness (QED) is 0.789. The molecule has 1 heterocycles. The van der Waals surface area contributed by atoms with Gasteiger partial charge in [0.15, 0.2) is 0 Å². The highest BCUT2D eigenvalue weighted by atomic mass is 32.2. The molecule has 7 heteroatoms. The van der Waals surface area contributed by atoms with E-state index in [4.69, 9.17) is 0 Å². The molecule has 0 aliphatic rings. The number of hydrogen-bond acceptors (Lipinski definition) is 4. The number of benzene rings is 2. The van der Waals surface area contributed by atoms with Gasteiger partial charge < -0.3 is 4.57 Å². The third-order valence-electron chi connectivity index (χ3n) is 3.52. The Labute approximate surface area is 139 Å². The van der Waals surface area contributed by atoms with Gasteiger partial charge in [-0.3, -0.25) is 9.52 Å². The van der Waals surface area contributed by atoms with E-state index in [9.17, 15) is 13.2 Å². The predicted octanol–water partition coefficient (Wildman–Crippen LogP) is 2.25. The van der Waals surface area contributed by atoms with E-state index < -0.39 is 15.6 Å². The minimum atomic E-state index is -3.88. The highest BCUT2D eigenvalue weighted by molar-refractivity contribution is 7.92. The summed E-state index contributed by atoms with van der Waals surface area (Å²) in [5, 5.41) is 0. The molecule has 0 aliphatic heterocycles.